The predicted octanol–water partition coefficient (Wildman–Crippen LogP) is -0.366. The molecule has 1 heterocycles. The lowest BCUT2D eigenvalue weighted by molar-refractivity contribution is -0.102. The van der Waals surface area contributed by atoms with Gasteiger partial charge in [-0.2, -0.15) is 4.98 Å². The van der Waals surface area contributed by atoms with E-state index in [1.54, 1.807) is 0 Å². The first kappa shape index (κ1) is 7.26. The fourth-order valence-electron chi connectivity index (χ4n) is 0.540. The number of carbonyl (C=O) groups excluding carboxylic acids is 1. The van der Waals surface area contributed by atoms with Crippen LogP contribution in [0.15, 0.2) is 15.8 Å². The smallest absolute Gasteiger partial charge is 0.292 e. The fourth-order valence-corrected chi connectivity index (χ4v) is 0.540. The number of oxime groups is 1. The van der Waals surface area contributed by atoms with E-state index in [0.29, 0.717) is 6.29 Å². The lowest BCUT2D eigenvalue weighted by Crippen LogP contribution is -2.02. The van der Waals surface area contributed by atoms with Gasteiger partial charge in [0.25, 0.3) is 6.01 Å². The predicted molar refractivity (Wildman–Crippen MR) is 35.3 cm³/mol. The molecule has 3 N–H and O–H groups in total. The van der Waals surface area contributed by atoms with Gasteiger partial charge in [0.2, 0.25) is 0 Å². The van der Waals surface area contributed by atoms with Crippen molar-refractivity contribution < 1.29 is 14.4 Å². The first-order valence-electron chi connectivity index (χ1n) is 2.66. The molecule has 0 radical (unpaired) electrons. The monoisotopic (exact) mass is 155 g/mol. The first-order chi connectivity index (χ1) is 5.27. The minimum atomic E-state index is -0.217. The van der Waals surface area contributed by atoms with Crippen LogP contribution in [0.3, 0.4) is 0 Å². The summed E-state index contributed by atoms with van der Waals surface area (Å²) in [6.45, 7) is 0. The van der Waals surface area contributed by atoms with Gasteiger partial charge in [-0.1, -0.05) is 5.16 Å². The van der Waals surface area contributed by atoms with Crippen LogP contribution in [0.5, 0.6) is 0 Å². The van der Waals surface area contributed by atoms with Gasteiger partial charge in [0.15, 0.2) is 12.0 Å². The van der Waals surface area contributed by atoms with E-state index in [4.69, 9.17) is 10.9 Å². The molecule has 0 aliphatic carbocycles. The molecular formula is C5H5N3O3. The van der Waals surface area contributed by atoms with Crippen LogP contribution in [-0.4, -0.2) is 22.2 Å². The Bertz CT molecular complexity index is 291. The van der Waals surface area contributed by atoms with E-state index >= 15 is 0 Å². The zero-order chi connectivity index (χ0) is 8.27. The maximum Gasteiger partial charge on any atom is 0.292 e. The number of nitrogens with zero attached hydrogens (tertiary/aromatic N) is 2. The quantitative estimate of drug-likeness (QED) is 0.262. The highest BCUT2D eigenvalue weighted by Crippen LogP contribution is 2.02. The van der Waals surface area contributed by atoms with Gasteiger partial charge < -0.3 is 15.4 Å². The van der Waals surface area contributed by atoms with E-state index in [9.17, 15) is 4.79 Å². The van der Waals surface area contributed by atoms with E-state index in [0.717, 1.165) is 6.26 Å². The van der Waals surface area contributed by atoms with Crippen LogP contribution in [0.2, 0.25) is 0 Å². The Labute approximate surface area is 61.3 Å². The lowest BCUT2D eigenvalue weighted by Gasteiger charge is -1.83. The fraction of sp³-hybridized carbons (Fsp3) is 0. The average Bonchev–Trinajstić information content (AvgIpc) is 2.39. The molecule has 11 heavy (non-hydrogen) atoms. The number of nitrogen functional groups attached to an aromatic ring is 1. The molecule has 1 aromatic rings. The molecule has 0 atom stereocenters. The van der Waals surface area contributed by atoms with Gasteiger partial charge in [0.1, 0.15) is 12.0 Å². The molecule has 0 saturated heterocycles. The van der Waals surface area contributed by atoms with Gasteiger partial charge in [-0.25, -0.2) is 0 Å². The van der Waals surface area contributed by atoms with Gasteiger partial charge in [-0.15, -0.1) is 0 Å². The number of carbonyl (C=O) groups is 1. The van der Waals surface area contributed by atoms with Crippen LogP contribution in [0.1, 0.15) is 5.69 Å². The number of hydrogen-bond acceptors (Lipinski definition) is 6. The molecule has 0 aromatic carbocycles. The number of anilines is 1. The molecule has 0 fully saturated rings. The van der Waals surface area contributed by atoms with E-state index < -0.39 is 0 Å². The van der Waals surface area contributed by atoms with Crippen molar-refractivity contribution in [3.05, 3.63) is 12.0 Å². The third kappa shape index (κ3) is 1.34. The van der Waals surface area contributed by atoms with Crippen molar-refractivity contribution >= 4 is 18.0 Å². The zero-order valence-electron chi connectivity index (χ0n) is 5.39. The van der Waals surface area contributed by atoms with Crippen LogP contribution < -0.4 is 5.73 Å². The SMILES string of the molecule is Nc1nc(/C(C=O)=N/O)co1. The Kier molecular flexibility index (Phi) is 1.86. The largest absolute Gasteiger partial charge is 0.432 e. The number of aromatic nitrogens is 1. The summed E-state index contributed by atoms with van der Waals surface area (Å²) in [5, 5.41) is 10.9. The van der Waals surface area contributed by atoms with E-state index in [1.165, 1.54) is 0 Å². The Hall–Kier alpha value is -1.85. The summed E-state index contributed by atoms with van der Waals surface area (Å²) >= 11 is 0. The minimum absolute atomic E-state index is 0.0806. The van der Waals surface area contributed by atoms with Crippen LogP contribution in [0, 0.1) is 0 Å². The van der Waals surface area contributed by atoms with Gasteiger partial charge >= 0.3 is 0 Å². The van der Waals surface area contributed by atoms with Crippen molar-refractivity contribution in [1.82, 2.24) is 4.98 Å². The standard InChI is InChI=1S/C5H5N3O3/c6-5-7-4(2-11-5)3(1-9)8-10/h1-2,10H,(H2,6,7)/b8-3+. The number of rotatable bonds is 2. The summed E-state index contributed by atoms with van der Waals surface area (Å²) in [7, 11) is 0. The number of aldehydes is 1. The van der Waals surface area contributed by atoms with E-state index in [1.807, 2.05) is 0 Å². The van der Waals surface area contributed by atoms with Crippen LogP contribution >= 0.6 is 0 Å². The number of nitrogens with two attached hydrogens (primary N) is 1. The second-order valence-electron chi connectivity index (χ2n) is 1.67. The molecular weight excluding hydrogens is 150 g/mol. The first-order valence-corrected chi connectivity index (χ1v) is 2.66. The number of hydrogen-bond donors (Lipinski definition) is 2. The lowest BCUT2D eigenvalue weighted by atomic mass is 10.3. The molecule has 0 spiro atoms. The summed E-state index contributed by atoms with van der Waals surface area (Å²) in [6.07, 6.45) is 1.47. The summed E-state index contributed by atoms with van der Waals surface area (Å²) in [6, 6.07) is -0.0806. The maximum atomic E-state index is 10.1. The second kappa shape index (κ2) is 2.82. The third-order valence-corrected chi connectivity index (χ3v) is 1.00. The summed E-state index contributed by atoms with van der Waals surface area (Å²) in [5.41, 5.74) is 4.99. The molecule has 1 aromatic heterocycles. The summed E-state index contributed by atoms with van der Waals surface area (Å²) in [5.74, 6) is 0. The topological polar surface area (TPSA) is 102 Å². The Morgan fingerprint density at radius 1 is 1.91 bits per heavy atom. The van der Waals surface area contributed by atoms with Crippen molar-refractivity contribution in [2.45, 2.75) is 0 Å². The third-order valence-electron chi connectivity index (χ3n) is 1.00. The Morgan fingerprint density at radius 2 is 2.64 bits per heavy atom. The van der Waals surface area contributed by atoms with E-state index in [-0.39, 0.29) is 17.4 Å². The highest BCUT2D eigenvalue weighted by Gasteiger charge is 2.07. The van der Waals surface area contributed by atoms with Gasteiger partial charge in [0, 0.05) is 0 Å². The maximum absolute atomic E-state index is 10.1. The molecule has 0 aliphatic heterocycles. The van der Waals surface area contributed by atoms with E-state index in [2.05, 4.69) is 14.6 Å². The second-order valence-corrected chi connectivity index (χ2v) is 1.67. The Morgan fingerprint density at radius 3 is 3.00 bits per heavy atom. The highest BCUT2D eigenvalue weighted by molar-refractivity contribution is 6.35. The van der Waals surface area contributed by atoms with Crippen LogP contribution in [0.25, 0.3) is 0 Å². The molecule has 0 bridgehead atoms. The van der Waals surface area contributed by atoms with Crippen molar-refractivity contribution in [2.75, 3.05) is 5.73 Å². The molecule has 6 heteroatoms. The molecule has 0 amide bonds. The zero-order valence-corrected chi connectivity index (χ0v) is 5.39. The van der Waals surface area contributed by atoms with Crippen molar-refractivity contribution in [1.29, 1.82) is 0 Å². The normalized spacial score (nSPS) is 11.5. The summed E-state index contributed by atoms with van der Waals surface area (Å²) < 4.78 is 4.56. The molecule has 0 aliphatic rings. The summed E-state index contributed by atoms with van der Waals surface area (Å²) in [4.78, 5) is 13.7. The van der Waals surface area contributed by atoms with Crippen molar-refractivity contribution in [3.63, 3.8) is 0 Å². The molecule has 58 valence electrons. The van der Waals surface area contributed by atoms with Crippen LogP contribution in [-0.2, 0) is 4.79 Å². The molecule has 6 nitrogen and oxygen atoms in total. The van der Waals surface area contributed by atoms with Crippen molar-refractivity contribution in [2.24, 2.45) is 5.16 Å². The molecule has 0 saturated carbocycles. The molecule has 0 unspecified atom stereocenters. The highest BCUT2D eigenvalue weighted by atomic mass is 16.4. The number of oxazole rings is 1. The minimum Gasteiger partial charge on any atom is -0.432 e. The van der Waals surface area contributed by atoms with Gasteiger partial charge in [0.05, 0.1) is 0 Å². The van der Waals surface area contributed by atoms with Gasteiger partial charge in [-0.3, -0.25) is 4.79 Å². The van der Waals surface area contributed by atoms with Gasteiger partial charge in [-0.05, 0) is 0 Å². The van der Waals surface area contributed by atoms with Crippen LogP contribution in [0.4, 0.5) is 6.01 Å². The van der Waals surface area contributed by atoms with Crippen molar-refractivity contribution in [3.8, 4) is 0 Å². The average molecular weight is 155 g/mol. The molecule has 1 rings (SSSR count). The Balaban J connectivity index is 3.00.